The first-order valence-electron chi connectivity index (χ1n) is 12.7. The fourth-order valence-electron chi connectivity index (χ4n) is 5.97. The van der Waals surface area contributed by atoms with Crippen molar-refractivity contribution < 1.29 is 33.7 Å². The van der Waals surface area contributed by atoms with E-state index in [0.717, 1.165) is 5.56 Å². The van der Waals surface area contributed by atoms with Gasteiger partial charge < -0.3 is 24.6 Å². The van der Waals surface area contributed by atoms with E-state index in [9.17, 15) is 19.5 Å². The van der Waals surface area contributed by atoms with Crippen LogP contribution in [0.1, 0.15) is 55.5 Å². The minimum absolute atomic E-state index is 0.0648. The highest BCUT2D eigenvalue weighted by Gasteiger charge is 2.76. The van der Waals surface area contributed by atoms with E-state index in [4.69, 9.17) is 25.8 Å². The van der Waals surface area contributed by atoms with E-state index in [2.05, 4.69) is 5.32 Å². The normalized spacial score (nSPS) is 25.3. The van der Waals surface area contributed by atoms with Crippen molar-refractivity contribution in [3.63, 3.8) is 0 Å². The van der Waals surface area contributed by atoms with E-state index in [0.29, 0.717) is 17.7 Å². The molecule has 2 aromatic carbocycles. The summed E-state index contributed by atoms with van der Waals surface area (Å²) in [5, 5.41) is 14.0. The number of phenols is 1. The summed E-state index contributed by atoms with van der Waals surface area (Å²) >= 11 is 6.30. The largest absolute Gasteiger partial charge is 0.505 e. The summed E-state index contributed by atoms with van der Waals surface area (Å²) in [5.41, 5.74) is -0.248. The average molecular weight is 552 g/mol. The molecule has 0 spiro atoms. The molecular formula is C30H30ClNO7. The first kappa shape index (κ1) is 26.8. The number of allylic oxidation sites excluding steroid dienone is 3. The zero-order chi connectivity index (χ0) is 28.3. The Balaban J connectivity index is 1.62. The fourth-order valence-corrected chi connectivity index (χ4v) is 6.20. The van der Waals surface area contributed by atoms with Gasteiger partial charge in [-0.1, -0.05) is 48.9 Å². The van der Waals surface area contributed by atoms with E-state index in [-0.39, 0.29) is 46.1 Å². The highest BCUT2D eigenvalue weighted by atomic mass is 35.5. The molecule has 0 amide bonds. The number of ether oxygens (including phenoxy) is 3. The molecule has 2 N–H and O–H groups in total. The van der Waals surface area contributed by atoms with Crippen LogP contribution in [0.15, 0.2) is 59.4 Å². The molecule has 0 aromatic heterocycles. The lowest BCUT2D eigenvalue weighted by Crippen LogP contribution is -2.42. The molecule has 1 aliphatic heterocycles. The van der Waals surface area contributed by atoms with Gasteiger partial charge >= 0.3 is 5.97 Å². The molecule has 8 nitrogen and oxygen atoms in total. The number of ketones is 2. The van der Waals surface area contributed by atoms with E-state index in [1.165, 1.54) is 20.3 Å². The third-order valence-corrected chi connectivity index (χ3v) is 8.33. The van der Waals surface area contributed by atoms with E-state index >= 15 is 0 Å². The number of benzene rings is 2. The molecule has 1 saturated carbocycles. The van der Waals surface area contributed by atoms with Crippen LogP contribution in [0.4, 0.5) is 0 Å². The molecule has 3 aliphatic rings. The molecule has 0 saturated heterocycles. The summed E-state index contributed by atoms with van der Waals surface area (Å²) in [6, 6.07) is 10.8. The van der Waals surface area contributed by atoms with Crippen LogP contribution >= 0.6 is 11.6 Å². The van der Waals surface area contributed by atoms with Crippen LogP contribution in [0.25, 0.3) is 0 Å². The molecule has 1 heterocycles. The standard InChI is InChI=1S/C30H30ClNO7/c1-15(2)39-28(36)18-11-17(16-9-7-6-8-10-16)22-19(32-18)13-29(3)14-30(29,26(22)34)27(35)23-20(37-4)12-21(38-5)24(31)25(23)33/h6-12,15,17,32-33H,13-14H2,1-5H3/t17?,29-,30+/m0/s1. The van der Waals surface area contributed by atoms with Gasteiger partial charge in [0.1, 0.15) is 33.2 Å². The van der Waals surface area contributed by atoms with Crippen molar-refractivity contribution in [1.82, 2.24) is 5.32 Å². The SMILES string of the molecule is COc1cc(OC)c(C(=O)[C@]23C[C@]2(C)CC2=C(C3=O)C(c3ccccc3)C=C(C(=O)OC(C)C)N2)c(O)c1Cl. The van der Waals surface area contributed by atoms with Crippen molar-refractivity contribution in [3.05, 3.63) is 75.6 Å². The number of rotatable bonds is 7. The fraction of sp³-hybridized carbons (Fsp3) is 0.367. The first-order valence-corrected chi connectivity index (χ1v) is 13.1. The summed E-state index contributed by atoms with van der Waals surface area (Å²) < 4.78 is 16.1. The third kappa shape index (κ3) is 4.00. The van der Waals surface area contributed by atoms with Crippen molar-refractivity contribution in [1.29, 1.82) is 0 Å². The maximum Gasteiger partial charge on any atom is 0.354 e. The number of phenolic OH excluding ortho intramolecular Hbond substituents is 1. The smallest absolute Gasteiger partial charge is 0.354 e. The monoisotopic (exact) mass is 551 g/mol. The summed E-state index contributed by atoms with van der Waals surface area (Å²) in [7, 11) is 2.75. The quantitative estimate of drug-likeness (QED) is 0.278. The Morgan fingerprint density at radius 3 is 2.41 bits per heavy atom. The predicted octanol–water partition coefficient (Wildman–Crippen LogP) is 5.09. The molecule has 0 bridgehead atoms. The molecule has 3 atom stereocenters. The van der Waals surface area contributed by atoms with Crippen LogP contribution in [-0.4, -0.2) is 43.0 Å². The van der Waals surface area contributed by atoms with Crippen molar-refractivity contribution in [2.75, 3.05) is 14.2 Å². The van der Waals surface area contributed by atoms with Gasteiger partial charge in [-0.2, -0.15) is 0 Å². The minimum atomic E-state index is -1.42. The number of carbonyl (C=O) groups excluding carboxylic acids is 3. The summed E-state index contributed by atoms with van der Waals surface area (Å²) in [5.74, 6) is -2.27. The predicted molar refractivity (Wildman–Crippen MR) is 144 cm³/mol. The molecule has 9 heteroatoms. The topological polar surface area (TPSA) is 111 Å². The number of Topliss-reactive ketones (excluding diaryl/α,β-unsaturated/α-hetero) is 2. The van der Waals surface area contributed by atoms with Crippen LogP contribution < -0.4 is 14.8 Å². The maximum absolute atomic E-state index is 14.5. The van der Waals surface area contributed by atoms with Crippen LogP contribution in [0.2, 0.25) is 5.02 Å². The Labute approximate surface area is 231 Å². The van der Waals surface area contributed by atoms with E-state index in [1.54, 1.807) is 19.9 Å². The molecule has 2 aliphatic carbocycles. The number of fused-ring (bicyclic) bond motifs is 1. The van der Waals surface area contributed by atoms with E-state index in [1.807, 2.05) is 37.3 Å². The minimum Gasteiger partial charge on any atom is -0.505 e. The Hall–Kier alpha value is -3.78. The zero-order valence-corrected chi connectivity index (χ0v) is 23.1. The number of hydrogen-bond donors (Lipinski definition) is 2. The second-order valence-electron chi connectivity index (χ2n) is 10.7. The number of hydrogen-bond acceptors (Lipinski definition) is 8. The summed E-state index contributed by atoms with van der Waals surface area (Å²) in [6.07, 6.45) is 1.99. The van der Waals surface area contributed by atoms with Crippen molar-refractivity contribution in [2.45, 2.75) is 45.6 Å². The summed E-state index contributed by atoms with van der Waals surface area (Å²) in [6.45, 7) is 5.40. The molecule has 39 heavy (non-hydrogen) atoms. The second kappa shape index (κ2) is 9.45. The van der Waals surface area contributed by atoms with Crippen LogP contribution in [0, 0.1) is 10.8 Å². The van der Waals surface area contributed by atoms with Crippen molar-refractivity contribution in [2.24, 2.45) is 10.8 Å². The number of esters is 1. The Bertz CT molecular complexity index is 1460. The Morgan fingerprint density at radius 1 is 1.13 bits per heavy atom. The van der Waals surface area contributed by atoms with Crippen LogP contribution in [-0.2, 0) is 14.3 Å². The molecule has 1 fully saturated rings. The molecule has 1 unspecified atom stereocenters. The Kier molecular flexibility index (Phi) is 6.50. The van der Waals surface area contributed by atoms with Gasteiger partial charge in [-0.25, -0.2) is 4.79 Å². The molecule has 204 valence electrons. The van der Waals surface area contributed by atoms with Gasteiger partial charge in [0, 0.05) is 23.3 Å². The number of aromatic hydroxyl groups is 1. The number of carbonyl (C=O) groups is 3. The van der Waals surface area contributed by atoms with Gasteiger partial charge in [-0.05, 0) is 43.7 Å². The lowest BCUT2D eigenvalue weighted by atomic mass is 9.69. The maximum atomic E-state index is 14.5. The highest BCUT2D eigenvalue weighted by Crippen LogP contribution is 2.73. The van der Waals surface area contributed by atoms with Gasteiger partial charge in [0.2, 0.25) is 0 Å². The number of halogens is 1. The number of dihydropyridines is 1. The van der Waals surface area contributed by atoms with Gasteiger partial charge in [0.05, 0.1) is 20.3 Å². The lowest BCUT2D eigenvalue weighted by molar-refractivity contribution is -0.143. The Morgan fingerprint density at radius 2 is 1.79 bits per heavy atom. The average Bonchev–Trinajstić information content (AvgIpc) is 3.56. The van der Waals surface area contributed by atoms with E-state index < -0.39 is 34.2 Å². The number of nitrogens with one attached hydrogen (secondary N) is 1. The molecule has 0 radical (unpaired) electrons. The van der Waals surface area contributed by atoms with Gasteiger partial charge in [0.15, 0.2) is 17.3 Å². The summed E-state index contributed by atoms with van der Waals surface area (Å²) in [4.78, 5) is 41.6. The zero-order valence-electron chi connectivity index (χ0n) is 22.4. The first-order chi connectivity index (χ1) is 18.5. The van der Waals surface area contributed by atoms with Gasteiger partial charge in [-0.3, -0.25) is 9.59 Å². The molecule has 2 aromatic rings. The molecular weight excluding hydrogens is 522 g/mol. The van der Waals surface area contributed by atoms with Crippen LogP contribution in [0.3, 0.4) is 0 Å². The number of methoxy groups -OCH3 is 2. The molecule has 5 rings (SSSR count). The van der Waals surface area contributed by atoms with Gasteiger partial charge in [-0.15, -0.1) is 0 Å². The van der Waals surface area contributed by atoms with Gasteiger partial charge in [0.25, 0.3) is 0 Å². The van der Waals surface area contributed by atoms with Crippen LogP contribution in [0.5, 0.6) is 17.2 Å². The highest BCUT2D eigenvalue weighted by molar-refractivity contribution is 6.35. The lowest BCUT2D eigenvalue weighted by Gasteiger charge is -2.36. The van der Waals surface area contributed by atoms with Crippen molar-refractivity contribution >= 4 is 29.1 Å². The van der Waals surface area contributed by atoms with Crippen molar-refractivity contribution in [3.8, 4) is 17.2 Å². The second-order valence-corrected chi connectivity index (χ2v) is 11.1. The third-order valence-electron chi connectivity index (χ3n) is 7.96.